The second kappa shape index (κ2) is 9.35. The van der Waals surface area contributed by atoms with E-state index in [1.165, 1.54) is 28.1 Å². The van der Waals surface area contributed by atoms with Crippen LogP contribution in [0.25, 0.3) is 10.6 Å². The summed E-state index contributed by atoms with van der Waals surface area (Å²) in [6.45, 7) is 5.39. The maximum Gasteiger partial charge on any atom is 0.405 e. The fraction of sp³-hybridized carbons (Fsp3) is 0.429. The van der Waals surface area contributed by atoms with Gasteiger partial charge in [-0.05, 0) is 25.5 Å². The number of aryl methyl sites for hydroxylation is 2. The number of carbonyl (C=O) groups is 1. The molecule has 1 atom stereocenters. The molecule has 1 saturated heterocycles. The number of thiazole rings is 2. The molecule has 1 unspecified atom stereocenters. The topological polar surface area (TPSA) is 74.2 Å². The van der Waals surface area contributed by atoms with Gasteiger partial charge in [0.2, 0.25) is 5.91 Å². The summed E-state index contributed by atoms with van der Waals surface area (Å²) < 4.78 is 40.7. The van der Waals surface area contributed by atoms with Crippen LogP contribution in [0, 0.1) is 13.8 Å². The highest BCUT2D eigenvalue weighted by molar-refractivity contribution is 7.16. The van der Waals surface area contributed by atoms with Gasteiger partial charge < -0.3 is 10.2 Å². The number of anilines is 2. The Bertz CT molecular complexity index is 1130. The molecule has 1 amide bonds. The van der Waals surface area contributed by atoms with Crippen LogP contribution in [0.4, 0.5) is 24.1 Å². The summed E-state index contributed by atoms with van der Waals surface area (Å²) in [7, 11) is 0. The second-order valence-corrected chi connectivity index (χ2v) is 9.92. The molecule has 12 heteroatoms. The van der Waals surface area contributed by atoms with E-state index in [4.69, 9.17) is 0 Å². The summed E-state index contributed by atoms with van der Waals surface area (Å²) >= 11 is 3.04. The number of aromatic nitrogens is 3. The van der Waals surface area contributed by atoms with Crippen molar-refractivity contribution in [1.82, 2.24) is 24.8 Å². The zero-order valence-electron chi connectivity index (χ0n) is 18.3. The monoisotopic (exact) mass is 496 g/mol. The maximum atomic E-state index is 13.6. The van der Waals surface area contributed by atoms with E-state index in [2.05, 4.69) is 20.3 Å². The van der Waals surface area contributed by atoms with Gasteiger partial charge in [0.25, 0.3) is 0 Å². The van der Waals surface area contributed by atoms with E-state index in [1.54, 1.807) is 29.7 Å². The van der Waals surface area contributed by atoms with Crippen molar-refractivity contribution in [2.75, 3.05) is 25.0 Å². The molecule has 3 aromatic heterocycles. The molecule has 33 heavy (non-hydrogen) atoms. The molecule has 1 N–H and O–H groups in total. The third-order valence-electron chi connectivity index (χ3n) is 5.40. The molecule has 1 aliphatic heterocycles. The highest BCUT2D eigenvalue weighted by Crippen LogP contribution is 2.33. The molecule has 7 nitrogen and oxygen atoms in total. The third-order valence-corrected chi connectivity index (χ3v) is 7.25. The number of amides is 1. The van der Waals surface area contributed by atoms with Crippen molar-refractivity contribution in [2.24, 2.45) is 0 Å². The van der Waals surface area contributed by atoms with Gasteiger partial charge in [0, 0.05) is 44.7 Å². The first-order valence-corrected chi connectivity index (χ1v) is 12.0. The zero-order valence-corrected chi connectivity index (χ0v) is 19.9. The molecule has 0 saturated carbocycles. The first-order chi connectivity index (χ1) is 15.6. The van der Waals surface area contributed by atoms with Crippen molar-refractivity contribution >= 4 is 39.5 Å². The Morgan fingerprint density at radius 2 is 2.03 bits per heavy atom. The van der Waals surface area contributed by atoms with Gasteiger partial charge in [-0.2, -0.15) is 13.2 Å². The number of nitrogens with one attached hydrogen (secondary N) is 1. The van der Waals surface area contributed by atoms with E-state index in [9.17, 15) is 18.0 Å². The number of pyridine rings is 1. The van der Waals surface area contributed by atoms with Crippen molar-refractivity contribution in [3.63, 3.8) is 0 Å². The van der Waals surface area contributed by atoms with Crippen molar-refractivity contribution < 1.29 is 18.0 Å². The minimum atomic E-state index is -4.42. The number of nitrogens with zero attached hydrogens (tertiary/aromatic N) is 5. The number of piperazine rings is 1. The van der Waals surface area contributed by atoms with E-state index in [1.807, 2.05) is 19.2 Å². The molecule has 1 fully saturated rings. The van der Waals surface area contributed by atoms with Crippen molar-refractivity contribution in [2.45, 2.75) is 39.5 Å². The lowest BCUT2D eigenvalue weighted by molar-refractivity contribution is -0.199. The van der Waals surface area contributed by atoms with Crippen LogP contribution in [0.3, 0.4) is 0 Å². The fourth-order valence-corrected chi connectivity index (χ4v) is 5.41. The smallest absolute Gasteiger partial charge is 0.340 e. The van der Waals surface area contributed by atoms with Crippen LogP contribution in [0.5, 0.6) is 0 Å². The molecule has 176 valence electrons. The number of hydrogen-bond acceptors (Lipinski definition) is 8. The summed E-state index contributed by atoms with van der Waals surface area (Å²) in [5, 5.41) is 6.76. The molecule has 0 radical (unpaired) electrons. The van der Waals surface area contributed by atoms with Crippen molar-refractivity contribution in [1.29, 1.82) is 0 Å². The van der Waals surface area contributed by atoms with E-state index in [-0.39, 0.29) is 32.1 Å². The molecule has 3 aromatic rings. The first-order valence-electron chi connectivity index (χ1n) is 10.3. The maximum absolute atomic E-state index is 13.6. The largest absolute Gasteiger partial charge is 0.405 e. The van der Waals surface area contributed by atoms with Crippen LogP contribution in [0.1, 0.15) is 23.2 Å². The lowest BCUT2D eigenvalue weighted by Crippen LogP contribution is -2.59. The SMILES string of the molecule is CC(=O)N1CCN(Cc2ccc(Nc3nc(-c4sc(C)nc4C)cs3)nc2)C(C(F)(F)F)C1. The quantitative estimate of drug-likeness (QED) is 0.556. The molecule has 0 aromatic carbocycles. The molecule has 4 heterocycles. The molecule has 0 spiro atoms. The summed E-state index contributed by atoms with van der Waals surface area (Å²) in [5.74, 6) is 0.220. The van der Waals surface area contributed by atoms with Crippen LogP contribution < -0.4 is 5.32 Å². The van der Waals surface area contributed by atoms with Crippen LogP contribution in [-0.4, -0.2) is 62.5 Å². The summed E-state index contributed by atoms with van der Waals surface area (Å²) in [6.07, 6.45) is -2.85. The Hall–Kier alpha value is -2.57. The third kappa shape index (κ3) is 5.50. The molecule has 0 aliphatic carbocycles. The van der Waals surface area contributed by atoms with Crippen LogP contribution >= 0.6 is 22.7 Å². The highest BCUT2D eigenvalue weighted by atomic mass is 32.1. The normalized spacial score (nSPS) is 17.4. The van der Waals surface area contributed by atoms with Crippen LogP contribution in [0.2, 0.25) is 0 Å². The number of alkyl halides is 3. The zero-order chi connectivity index (χ0) is 23.8. The van der Waals surface area contributed by atoms with Crippen molar-refractivity contribution in [3.8, 4) is 10.6 Å². The molecular weight excluding hydrogens is 473 g/mol. The average Bonchev–Trinajstić information content (AvgIpc) is 3.34. The minimum absolute atomic E-state index is 0.106. The van der Waals surface area contributed by atoms with Crippen molar-refractivity contribution in [3.05, 3.63) is 40.0 Å². The molecular formula is C21H23F3N6OS2. The lowest BCUT2D eigenvalue weighted by Gasteiger charge is -2.41. The van der Waals surface area contributed by atoms with E-state index >= 15 is 0 Å². The highest BCUT2D eigenvalue weighted by Gasteiger charge is 2.46. The van der Waals surface area contributed by atoms with Crippen LogP contribution in [-0.2, 0) is 11.3 Å². The van der Waals surface area contributed by atoms with Gasteiger partial charge in [0.15, 0.2) is 5.13 Å². The number of carbonyl (C=O) groups excluding carboxylic acids is 1. The molecule has 1 aliphatic rings. The Morgan fingerprint density at radius 1 is 1.24 bits per heavy atom. The van der Waals surface area contributed by atoms with Gasteiger partial charge in [-0.3, -0.25) is 9.69 Å². The summed E-state index contributed by atoms with van der Waals surface area (Å²) in [6, 6.07) is 1.79. The van der Waals surface area contributed by atoms with Gasteiger partial charge in [-0.15, -0.1) is 22.7 Å². The summed E-state index contributed by atoms with van der Waals surface area (Å²) in [4.78, 5) is 28.5. The van der Waals surface area contributed by atoms with Gasteiger partial charge in [0.05, 0.1) is 21.3 Å². The van der Waals surface area contributed by atoms with Gasteiger partial charge >= 0.3 is 6.18 Å². The van der Waals surface area contributed by atoms with E-state index in [0.29, 0.717) is 16.5 Å². The van der Waals surface area contributed by atoms with Crippen LogP contribution in [0.15, 0.2) is 23.7 Å². The molecule has 0 bridgehead atoms. The Balaban J connectivity index is 1.41. The second-order valence-electron chi connectivity index (χ2n) is 7.85. The van der Waals surface area contributed by atoms with Gasteiger partial charge in [-0.25, -0.2) is 15.0 Å². The number of hydrogen-bond donors (Lipinski definition) is 1. The predicted octanol–water partition coefficient (Wildman–Crippen LogP) is 4.62. The minimum Gasteiger partial charge on any atom is -0.340 e. The van der Waals surface area contributed by atoms with E-state index in [0.717, 1.165) is 21.3 Å². The van der Waals surface area contributed by atoms with Gasteiger partial charge in [-0.1, -0.05) is 6.07 Å². The Kier molecular flexibility index (Phi) is 6.68. The predicted molar refractivity (Wildman–Crippen MR) is 123 cm³/mol. The molecule has 4 rings (SSSR count). The first kappa shape index (κ1) is 23.6. The Morgan fingerprint density at radius 3 is 2.64 bits per heavy atom. The number of halogens is 3. The summed E-state index contributed by atoms with van der Waals surface area (Å²) in [5.41, 5.74) is 2.46. The average molecular weight is 497 g/mol. The van der Waals surface area contributed by atoms with Gasteiger partial charge in [0.1, 0.15) is 11.9 Å². The number of rotatable bonds is 5. The standard InChI is InChI=1S/C21H23F3N6OS2/c1-12-19(33-13(2)26-12)16-11-32-20(27-16)28-18-5-4-15(8-25-18)9-30-7-6-29(14(3)31)10-17(30)21(22,23)24/h4-5,8,11,17H,6-7,9-10H2,1-3H3,(H,25,27,28). The fourth-order valence-electron chi connectivity index (χ4n) is 3.75. The van der Waals surface area contributed by atoms with E-state index < -0.39 is 12.2 Å². The lowest BCUT2D eigenvalue weighted by atomic mass is 10.1. The Labute approximate surface area is 197 Å².